The number of rotatable bonds is 6. The lowest BCUT2D eigenvalue weighted by atomic mass is 10.4. The molecule has 2 N–H and O–H groups in total. The topological polar surface area (TPSA) is 62.2 Å². The Labute approximate surface area is 102 Å². The molecule has 0 fully saturated rings. The Morgan fingerprint density at radius 2 is 2.18 bits per heavy atom. The van der Waals surface area contributed by atoms with Gasteiger partial charge in [-0.05, 0) is 0 Å². The van der Waals surface area contributed by atoms with E-state index in [-0.39, 0.29) is 5.91 Å². The lowest BCUT2D eigenvalue weighted by molar-refractivity contribution is -0.118. The molecule has 6 heteroatoms. The van der Waals surface area contributed by atoms with Crippen LogP contribution < -0.4 is 15.5 Å². The molecule has 0 aromatic carbocycles. The summed E-state index contributed by atoms with van der Waals surface area (Å²) in [5.41, 5.74) is 1.12. The molecule has 0 aliphatic rings. The van der Waals surface area contributed by atoms with Crippen LogP contribution in [-0.4, -0.2) is 42.6 Å². The van der Waals surface area contributed by atoms with Crippen LogP contribution in [0.2, 0.25) is 0 Å². The Bertz CT molecular complexity index is 372. The minimum absolute atomic E-state index is 0.00206. The zero-order valence-corrected chi connectivity index (χ0v) is 10.9. The number of carbonyl (C=O) groups excluding carboxylic acids is 1. The maximum atomic E-state index is 10.7. The minimum atomic E-state index is 0.00206. The van der Waals surface area contributed by atoms with Gasteiger partial charge >= 0.3 is 0 Å². The molecule has 6 nitrogen and oxygen atoms in total. The van der Waals surface area contributed by atoms with Crippen LogP contribution in [0.15, 0.2) is 6.20 Å². The zero-order chi connectivity index (χ0) is 12.8. The van der Waals surface area contributed by atoms with Crippen molar-refractivity contribution in [3.05, 3.63) is 11.9 Å². The van der Waals surface area contributed by atoms with E-state index >= 15 is 0 Å². The molecule has 0 aliphatic carbocycles. The van der Waals surface area contributed by atoms with Crippen LogP contribution >= 0.6 is 0 Å². The van der Waals surface area contributed by atoms with Crippen LogP contribution in [0.1, 0.15) is 12.6 Å². The monoisotopic (exact) mass is 239 g/mol. The van der Waals surface area contributed by atoms with Crippen LogP contribution in [0.25, 0.3) is 0 Å². The molecule has 0 unspecified atom stereocenters. The summed E-state index contributed by atoms with van der Waals surface area (Å²) in [5.74, 6) is 0.936. The van der Waals surface area contributed by atoms with E-state index in [0.717, 1.165) is 24.7 Å². The predicted octanol–water partition coefficient (Wildman–Crippen LogP) is -0.288. The second kappa shape index (κ2) is 6.24. The molecular formula is C11H21N5O. The average Bonchev–Trinajstić information content (AvgIpc) is 2.59. The molecule has 1 amide bonds. The van der Waals surface area contributed by atoms with E-state index in [4.69, 9.17) is 0 Å². The third-order valence-corrected chi connectivity index (χ3v) is 2.44. The zero-order valence-electron chi connectivity index (χ0n) is 10.9. The highest BCUT2D eigenvalue weighted by Crippen LogP contribution is 2.10. The molecule has 0 bridgehead atoms. The molecule has 1 aromatic rings. The second-order valence-electron chi connectivity index (χ2n) is 4.16. The van der Waals surface area contributed by atoms with Gasteiger partial charge in [0.15, 0.2) is 0 Å². The van der Waals surface area contributed by atoms with Crippen LogP contribution in [0.5, 0.6) is 0 Å². The molecule has 1 aromatic heterocycles. The second-order valence-corrected chi connectivity index (χ2v) is 4.16. The van der Waals surface area contributed by atoms with Gasteiger partial charge in [0, 0.05) is 47.7 Å². The fourth-order valence-corrected chi connectivity index (χ4v) is 1.56. The van der Waals surface area contributed by atoms with E-state index < -0.39 is 0 Å². The highest BCUT2D eigenvalue weighted by atomic mass is 16.1. The first-order chi connectivity index (χ1) is 8.02. The van der Waals surface area contributed by atoms with Gasteiger partial charge in [-0.25, -0.2) is 4.98 Å². The molecule has 1 rings (SSSR count). The summed E-state index contributed by atoms with van der Waals surface area (Å²) in [4.78, 5) is 16.9. The van der Waals surface area contributed by atoms with Gasteiger partial charge in [-0.3, -0.25) is 4.79 Å². The van der Waals surface area contributed by atoms with Gasteiger partial charge in [0.05, 0.1) is 11.9 Å². The van der Waals surface area contributed by atoms with E-state index in [1.807, 2.05) is 36.8 Å². The fraction of sp³-hybridized carbons (Fsp3) is 0.636. The van der Waals surface area contributed by atoms with Gasteiger partial charge in [-0.1, -0.05) is 0 Å². The number of nitrogens with zero attached hydrogens (tertiary/aromatic N) is 3. The molecule has 96 valence electrons. The highest BCUT2D eigenvalue weighted by Gasteiger charge is 2.06. The molecule has 0 atom stereocenters. The minimum Gasteiger partial charge on any atom is -0.355 e. The lowest BCUT2D eigenvalue weighted by Gasteiger charge is -2.12. The number of carbonyl (C=O) groups is 1. The Balaban J connectivity index is 2.34. The molecule has 0 aliphatic heterocycles. The lowest BCUT2D eigenvalue weighted by Crippen LogP contribution is -2.30. The van der Waals surface area contributed by atoms with E-state index in [1.165, 1.54) is 6.92 Å². The fourth-order valence-electron chi connectivity index (χ4n) is 1.56. The van der Waals surface area contributed by atoms with Crippen molar-refractivity contribution in [2.24, 2.45) is 7.05 Å². The van der Waals surface area contributed by atoms with Crippen molar-refractivity contribution < 1.29 is 4.79 Å². The van der Waals surface area contributed by atoms with Crippen molar-refractivity contribution in [3.8, 4) is 0 Å². The van der Waals surface area contributed by atoms with Crippen molar-refractivity contribution in [1.29, 1.82) is 0 Å². The van der Waals surface area contributed by atoms with E-state index in [1.54, 1.807) is 0 Å². The van der Waals surface area contributed by atoms with Crippen molar-refractivity contribution in [3.63, 3.8) is 0 Å². The van der Waals surface area contributed by atoms with Gasteiger partial charge < -0.3 is 20.1 Å². The van der Waals surface area contributed by atoms with Crippen LogP contribution in [0.3, 0.4) is 0 Å². The average molecular weight is 239 g/mol. The number of nitrogens with one attached hydrogen (secondary N) is 2. The van der Waals surface area contributed by atoms with Crippen LogP contribution in [-0.2, 0) is 18.4 Å². The van der Waals surface area contributed by atoms with E-state index in [2.05, 4.69) is 15.6 Å². The quantitative estimate of drug-likeness (QED) is 0.670. The summed E-state index contributed by atoms with van der Waals surface area (Å²) in [5, 5.41) is 5.99. The van der Waals surface area contributed by atoms with Crippen molar-refractivity contribution in [2.75, 3.05) is 32.1 Å². The van der Waals surface area contributed by atoms with Gasteiger partial charge in [-0.2, -0.15) is 0 Å². The molecular weight excluding hydrogens is 218 g/mol. The smallest absolute Gasteiger partial charge is 0.216 e. The summed E-state index contributed by atoms with van der Waals surface area (Å²) in [6.07, 6.45) is 1.86. The maximum absolute atomic E-state index is 10.7. The number of amides is 1. The highest BCUT2D eigenvalue weighted by molar-refractivity contribution is 5.72. The summed E-state index contributed by atoms with van der Waals surface area (Å²) in [7, 11) is 5.93. The molecule has 0 saturated carbocycles. The summed E-state index contributed by atoms with van der Waals surface area (Å²) < 4.78 is 2.05. The van der Waals surface area contributed by atoms with Crippen LogP contribution in [0.4, 0.5) is 5.95 Å². The Hall–Kier alpha value is -1.56. The molecule has 0 radical (unpaired) electrons. The maximum Gasteiger partial charge on any atom is 0.216 e. The summed E-state index contributed by atoms with van der Waals surface area (Å²) in [6.45, 7) is 3.66. The van der Waals surface area contributed by atoms with Gasteiger partial charge in [0.2, 0.25) is 11.9 Å². The van der Waals surface area contributed by atoms with Gasteiger partial charge in [0.1, 0.15) is 0 Å². The van der Waals surface area contributed by atoms with E-state index in [9.17, 15) is 4.79 Å². The van der Waals surface area contributed by atoms with Crippen molar-refractivity contribution >= 4 is 11.9 Å². The molecule has 0 spiro atoms. The molecule has 0 saturated heterocycles. The van der Waals surface area contributed by atoms with Crippen molar-refractivity contribution in [1.82, 2.24) is 20.2 Å². The normalized spacial score (nSPS) is 10.4. The van der Waals surface area contributed by atoms with Crippen LogP contribution in [0, 0.1) is 0 Å². The molecule has 1 heterocycles. The molecule has 17 heavy (non-hydrogen) atoms. The number of imidazole rings is 1. The standard InChI is InChI=1S/C11H21N5O/c1-9(17)13-6-5-12-7-10-8-14-11(15(2)3)16(10)4/h8,12H,5-7H2,1-4H3,(H,13,17). The first kappa shape index (κ1) is 13.5. The number of aromatic nitrogens is 2. The summed E-state index contributed by atoms with van der Waals surface area (Å²) >= 11 is 0. The number of hydrogen-bond acceptors (Lipinski definition) is 4. The third kappa shape index (κ3) is 4.07. The summed E-state index contributed by atoms with van der Waals surface area (Å²) in [6, 6.07) is 0. The largest absolute Gasteiger partial charge is 0.355 e. The Morgan fingerprint density at radius 1 is 1.47 bits per heavy atom. The predicted molar refractivity (Wildman–Crippen MR) is 67.9 cm³/mol. The number of anilines is 1. The van der Waals surface area contributed by atoms with Gasteiger partial charge in [-0.15, -0.1) is 0 Å². The Kier molecular flexibility index (Phi) is 4.96. The van der Waals surface area contributed by atoms with Crippen molar-refractivity contribution in [2.45, 2.75) is 13.5 Å². The first-order valence-electron chi connectivity index (χ1n) is 5.65. The first-order valence-corrected chi connectivity index (χ1v) is 5.65. The SMILES string of the molecule is CC(=O)NCCNCc1cnc(N(C)C)n1C. The van der Waals surface area contributed by atoms with E-state index in [0.29, 0.717) is 6.54 Å². The van der Waals surface area contributed by atoms with Gasteiger partial charge in [0.25, 0.3) is 0 Å². The Morgan fingerprint density at radius 3 is 2.71 bits per heavy atom. The number of hydrogen-bond donors (Lipinski definition) is 2. The third-order valence-electron chi connectivity index (χ3n) is 2.44.